The Morgan fingerprint density at radius 3 is 2.40 bits per heavy atom. The predicted molar refractivity (Wildman–Crippen MR) is 67.4 cm³/mol. The number of carboxylic acids is 1. The van der Waals surface area contributed by atoms with Gasteiger partial charge in [-0.05, 0) is 11.6 Å². The molecule has 0 amide bonds. The monoisotopic (exact) mass is 290 g/mol. The molecule has 0 aliphatic carbocycles. The molecule has 1 aromatic carbocycles. The molecule has 2 aromatic rings. The first-order chi connectivity index (χ1) is 8.60. The molecule has 4 N–H and O–H groups in total. The summed E-state index contributed by atoms with van der Waals surface area (Å²) in [5.74, 6) is -2.18. The fourth-order valence-electron chi connectivity index (χ4n) is 1.53. The number of aromatic nitrogens is 1. The Balaban J connectivity index is 0. The van der Waals surface area contributed by atoms with Gasteiger partial charge in [0.05, 0.1) is 0 Å². The standard InChI is InChI=1S/C11H9NO3.HNO2.Na.H2O/c13-10(11(14)15)5-7-6-12-9-4-2-1-3-8(7)9;2-1-3;;/h1-4,6,12H,5H2,(H,14,15);(H,2,3);;1H2/q;;+1;/p-1. The van der Waals surface area contributed by atoms with Gasteiger partial charge in [-0.2, -0.15) is 0 Å². The van der Waals surface area contributed by atoms with Crippen LogP contribution in [0.5, 0.6) is 0 Å². The molecule has 0 atom stereocenters. The zero-order valence-electron chi connectivity index (χ0n) is 10.6. The van der Waals surface area contributed by atoms with E-state index in [-0.39, 0.29) is 41.5 Å². The van der Waals surface area contributed by atoms with Crippen LogP contribution in [-0.2, 0) is 16.0 Å². The van der Waals surface area contributed by atoms with Crippen LogP contribution >= 0.6 is 0 Å². The number of ketones is 1. The molecule has 0 unspecified atom stereocenters. The second-order valence-electron chi connectivity index (χ2n) is 3.34. The Labute approximate surface area is 135 Å². The number of carbonyl (C=O) groups excluding carboxylic acids is 1. The van der Waals surface area contributed by atoms with Crippen molar-refractivity contribution in [2.24, 2.45) is 5.34 Å². The topological polar surface area (TPSA) is 154 Å². The van der Waals surface area contributed by atoms with Crippen molar-refractivity contribution in [3.63, 3.8) is 0 Å². The number of H-pyrrole nitrogens is 1. The SMILES string of the molecule is O.O=C(O)C(=O)Cc1c[nH]c2ccccc12.O=N[O-].[Na+]. The molecule has 0 aliphatic rings. The van der Waals surface area contributed by atoms with Crippen molar-refractivity contribution in [2.45, 2.75) is 6.42 Å². The van der Waals surface area contributed by atoms with E-state index in [2.05, 4.69) is 4.98 Å². The normalized spacial score (nSPS) is 8.40. The summed E-state index contributed by atoms with van der Waals surface area (Å²) in [7, 11) is 0. The van der Waals surface area contributed by atoms with Gasteiger partial charge in [0.15, 0.2) is 0 Å². The number of rotatable bonds is 3. The van der Waals surface area contributed by atoms with Crippen molar-refractivity contribution >= 4 is 22.7 Å². The van der Waals surface area contributed by atoms with Gasteiger partial charge in [-0.15, -0.1) is 5.34 Å². The maximum atomic E-state index is 11.0. The van der Waals surface area contributed by atoms with Gasteiger partial charge in [-0.3, -0.25) is 4.79 Å². The number of nitrogens with zero attached hydrogens (tertiary/aromatic N) is 1. The molecule has 102 valence electrons. The first-order valence-corrected chi connectivity index (χ1v) is 4.86. The molecule has 0 bridgehead atoms. The summed E-state index contributed by atoms with van der Waals surface area (Å²) < 4.78 is 0. The van der Waals surface area contributed by atoms with Gasteiger partial charge in [0.2, 0.25) is 5.78 Å². The number of para-hydroxylation sites is 1. The van der Waals surface area contributed by atoms with Crippen molar-refractivity contribution in [3.8, 4) is 0 Å². The van der Waals surface area contributed by atoms with E-state index in [0.717, 1.165) is 21.8 Å². The minimum Gasteiger partial charge on any atom is -0.475 e. The van der Waals surface area contributed by atoms with E-state index in [1.807, 2.05) is 24.3 Å². The molecule has 0 saturated heterocycles. The second kappa shape index (κ2) is 10.1. The number of hydrogen-bond acceptors (Lipinski definition) is 5. The van der Waals surface area contributed by atoms with Crippen molar-refractivity contribution in [1.29, 1.82) is 0 Å². The Kier molecular flexibility index (Phi) is 10.4. The fraction of sp³-hybridized carbons (Fsp3) is 0.0909. The molecule has 0 aliphatic heterocycles. The molecule has 0 spiro atoms. The Hall–Kier alpha value is -1.74. The van der Waals surface area contributed by atoms with Crippen LogP contribution in [0.1, 0.15) is 5.56 Å². The number of carboxylic acid groups (broad SMARTS) is 1. The van der Waals surface area contributed by atoms with Crippen molar-refractivity contribution < 1.29 is 49.7 Å². The summed E-state index contributed by atoms with van der Waals surface area (Å²) in [6.07, 6.45) is 1.60. The molecule has 2 rings (SSSR count). The number of fused-ring (bicyclic) bond motifs is 1. The van der Waals surface area contributed by atoms with E-state index < -0.39 is 11.8 Å². The average molecular weight is 290 g/mol. The molecular weight excluding hydrogens is 279 g/mol. The number of Topliss-reactive ketones (excluding diaryl/α,β-unsaturated/α-hetero) is 1. The molecule has 9 heteroatoms. The number of aromatic amines is 1. The molecule has 0 saturated carbocycles. The predicted octanol–water partition coefficient (Wildman–Crippen LogP) is -2.21. The van der Waals surface area contributed by atoms with Gasteiger partial charge in [0.1, 0.15) is 0 Å². The number of hydrogen-bond donors (Lipinski definition) is 2. The third-order valence-corrected chi connectivity index (χ3v) is 2.26. The summed E-state index contributed by atoms with van der Waals surface area (Å²) in [5, 5.41) is 18.4. The Bertz CT molecular complexity index is 583. The first kappa shape index (κ1) is 20.6. The fourth-order valence-corrected chi connectivity index (χ4v) is 1.53. The van der Waals surface area contributed by atoms with Crippen LogP contribution < -0.4 is 29.6 Å². The van der Waals surface area contributed by atoms with Crippen LogP contribution in [-0.4, -0.2) is 27.3 Å². The molecule has 20 heavy (non-hydrogen) atoms. The van der Waals surface area contributed by atoms with Crippen molar-refractivity contribution in [3.05, 3.63) is 46.1 Å². The van der Waals surface area contributed by atoms with Crippen molar-refractivity contribution in [1.82, 2.24) is 4.98 Å². The second-order valence-corrected chi connectivity index (χ2v) is 3.34. The minimum atomic E-state index is -1.39. The Morgan fingerprint density at radius 1 is 1.30 bits per heavy atom. The summed E-state index contributed by atoms with van der Waals surface area (Å²) in [5.41, 5.74) is 1.63. The van der Waals surface area contributed by atoms with Crippen LogP contribution in [0, 0.1) is 10.1 Å². The largest absolute Gasteiger partial charge is 1.00 e. The van der Waals surface area contributed by atoms with Gasteiger partial charge < -0.3 is 25.7 Å². The summed E-state index contributed by atoms with van der Waals surface area (Å²) in [6.45, 7) is 0. The van der Waals surface area contributed by atoms with E-state index >= 15 is 0 Å². The molecule has 8 nitrogen and oxygen atoms in total. The van der Waals surface area contributed by atoms with E-state index in [0.29, 0.717) is 0 Å². The van der Waals surface area contributed by atoms with Crippen LogP contribution in [0.15, 0.2) is 35.8 Å². The number of benzene rings is 1. The van der Waals surface area contributed by atoms with E-state index in [1.54, 1.807) is 6.20 Å². The quantitative estimate of drug-likeness (QED) is 0.284. The maximum absolute atomic E-state index is 11.0. The molecule has 0 fully saturated rings. The third kappa shape index (κ3) is 5.49. The van der Waals surface area contributed by atoms with E-state index in [4.69, 9.17) is 15.2 Å². The Morgan fingerprint density at radius 2 is 1.85 bits per heavy atom. The zero-order valence-corrected chi connectivity index (χ0v) is 12.6. The minimum absolute atomic E-state index is 0. The summed E-state index contributed by atoms with van der Waals surface area (Å²) >= 11 is 0. The van der Waals surface area contributed by atoms with Gasteiger partial charge in [0.25, 0.3) is 0 Å². The zero-order chi connectivity index (χ0) is 13.5. The third-order valence-electron chi connectivity index (χ3n) is 2.26. The van der Waals surface area contributed by atoms with E-state index in [9.17, 15) is 9.59 Å². The van der Waals surface area contributed by atoms with Crippen LogP contribution in [0.3, 0.4) is 0 Å². The van der Waals surface area contributed by atoms with Gasteiger partial charge >= 0.3 is 35.5 Å². The summed E-state index contributed by atoms with van der Waals surface area (Å²) in [4.78, 5) is 32.4. The maximum Gasteiger partial charge on any atom is 1.00 e. The van der Waals surface area contributed by atoms with E-state index in [1.165, 1.54) is 0 Å². The molecule has 1 aromatic heterocycles. The van der Waals surface area contributed by atoms with Gasteiger partial charge in [-0.1, -0.05) is 18.2 Å². The van der Waals surface area contributed by atoms with Crippen LogP contribution in [0.4, 0.5) is 0 Å². The van der Waals surface area contributed by atoms with Gasteiger partial charge in [0, 0.05) is 23.5 Å². The van der Waals surface area contributed by atoms with Gasteiger partial charge in [-0.25, -0.2) is 4.79 Å². The first-order valence-electron chi connectivity index (χ1n) is 4.86. The molecule has 0 radical (unpaired) electrons. The van der Waals surface area contributed by atoms with Crippen LogP contribution in [0.25, 0.3) is 10.9 Å². The van der Waals surface area contributed by atoms with Crippen molar-refractivity contribution in [2.75, 3.05) is 0 Å². The smallest absolute Gasteiger partial charge is 0.475 e. The summed E-state index contributed by atoms with van der Waals surface area (Å²) in [6, 6.07) is 7.47. The molecule has 1 heterocycles. The number of nitrogens with one attached hydrogen (secondary N) is 1. The number of carbonyl (C=O) groups is 2. The molecular formula is C11H11N2NaO6. The van der Waals surface area contributed by atoms with Crippen LogP contribution in [0.2, 0.25) is 0 Å². The number of aliphatic carboxylic acids is 1. The average Bonchev–Trinajstić information content (AvgIpc) is 2.74.